The van der Waals surface area contributed by atoms with Crippen molar-refractivity contribution in [1.29, 1.82) is 0 Å². The van der Waals surface area contributed by atoms with Crippen molar-refractivity contribution >= 4 is 21.3 Å². The van der Waals surface area contributed by atoms with Crippen molar-refractivity contribution in [3.8, 4) is 0 Å². The van der Waals surface area contributed by atoms with Crippen molar-refractivity contribution in [2.45, 2.75) is 37.5 Å². The molecular weight excluding hydrogens is 479 g/mol. The van der Waals surface area contributed by atoms with Crippen LogP contribution in [0.3, 0.4) is 0 Å². The Morgan fingerprint density at radius 1 is 1.29 bits per heavy atom. The number of nitrogens with one attached hydrogen (secondary N) is 2. The van der Waals surface area contributed by atoms with Gasteiger partial charge in [0.1, 0.15) is 22.4 Å². The average molecular weight is 504 g/mol. The number of anilines is 1. The smallest absolute Gasteiger partial charge is 0.263 e. The maximum Gasteiger partial charge on any atom is 0.263 e. The third kappa shape index (κ3) is 4.81. The molecule has 35 heavy (non-hydrogen) atoms. The lowest BCUT2D eigenvalue weighted by atomic mass is 9.87. The molecule has 2 aromatic heterocycles. The van der Waals surface area contributed by atoms with E-state index in [0.717, 1.165) is 35.7 Å². The molecule has 0 saturated carbocycles. The number of hydrogen-bond acceptors (Lipinski definition) is 5. The number of hydrogen-bond donors (Lipinski definition) is 2. The van der Waals surface area contributed by atoms with Crippen LogP contribution in [0.5, 0.6) is 0 Å². The van der Waals surface area contributed by atoms with Gasteiger partial charge >= 0.3 is 0 Å². The Balaban J connectivity index is 1.65. The Bertz CT molecular complexity index is 1400. The number of benzene rings is 1. The molecule has 184 valence electrons. The quantitative estimate of drug-likeness (QED) is 0.489. The number of rotatable bonds is 6. The van der Waals surface area contributed by atoms with E-state index in [0.29, 0.717) is 18.7 Å². The maximum atomic E-state index is 15.5. The monoisotopic (exact) mass is 503 g/mol. The average Bonchev–Trinajstić information content (AvgIpc) is 3.37. The number of sulfonamides is 1. The first kappa shape index (κ1) is 24.5. The number of imidazole rings is 1. The molecule has 0 spiro atoms. The predicted molar refractivity (Wildman–Crippen MR) is 126 cm³/mol. The van der Waals surface area contributed by atoms with Gasteiger partial charge < -0.3 is 9.88 Å². The minimum atomic E-state index is -4.37. The highest BCUT2D eigenvalue weighted by Crippen LogP contribution is 2.39. The molecule has 11 heteroatoms. The van der Waals surface area contributed by atoms with Gasteiger partial charge in [-0.1, -0.05) is 6.58 Å². The first-order chi connectivity index (χ1) is 16.6. The van der Waals surface area contributed by atoms with Crippen LogP contribution in [0, 0.1) is 24.4 Å². The molecule has 0 aliphatic carbocycles. The van der Waals surface area contributed by atoms with Crippen LogP contribution in [0.25, 0.3) is 5.57 Å². The van der Waals surface area contributed by atoms with Gasteiger partial charge in [-0.05, 0) is 51.1 Å². The molecule has 0 radical (unpaired) electrons. The first-order valence-corrected chi connectivity index (χ1v) is 12.3. The molecule has 7 nitrogen and oxygen atoms in total. The number of aromatic amines is 1. The summed E-state index contributed by atoms with van der Waals surface area (Å²) in [7, 11) is -4.37. The van der Waals surface area contributed by atoms with Crippen LogP contribution in [0.1, 0.15) is 42.8 Å². The summed E-state index contributed by atoms with van der Waals surface area (Å²) in [6, 6.07) is 2.82. The van der Waals surface area contributed by atoms with Gasteiger partial charge in [-0.2, -0.15) is 0 Å². The highest BCUT2D eigenvalue weighted by atomic mass is 32.2. The molecule has 1 atom stereocenters. The van der Waals surface area contributed by atoms with Crippen LogP contribution in [0.4, 0.5) is 18.9 Å². The summed E-state index contributed by atoms with van der Waals surface area (Å²) in [5.41, 5.74) is 1.22. The number of aromatic nitrogens is 3. The fourth-order valence-electron chi connectivity index (χ4n) is 4.31. The van der Waals surface area contributed by atoms with Gasteiger partial charge in [0.05, 0.1) is 17.6 Å². The van der Waals surface area contributed by atoms with Crippen LogP contribution in [-0.4, -0.2) is 34.8 Å². The molecule has 1 aliphatic heterocycles. The highest BCUT2D eigenvalue weighted by Gasteiger charge is 2.31. The summed E-state index contributed by atoms with van der Waals surface area (Å²) in [5, 5.41) is 0. The fourth-order valence-corrected chi connectivity index (χ4v) is 5.57. The second-order valence-corrected chi connectivity index (χ2v) is 9.90. The molecule has 3 heterocycles. The van der Waals surface area contributed by atoms with Crippen LogP contribution in [0.15, 0.2) is 60.2 Å². The third-order valence-corrected chi connectivity index (χ3v) is 7.56. The summed E-state index contributed by atoms with van der Waals surface area (Å²) in [6.45, 7) is 7.37. The Morgan fingerprint density at radius 2 is 2.06 bits per heavy atom. The van der Waals surface area contributed by atoms with Crippen molar-refractivity contribution in [2.24, 2.45) is 0 Å². The number of likely N-dealkylation sites (tertiary alicyclic amines) is 1. The lowest BCUT2D eigenvalue weighted by molar-refractivity contribution is 0.332. The van der Waals surface area contributed by atoms with Gasteiger partial charge in [0.25, 0.3) is 10.0 Å². The molecule has 0 unspecified atom stereocenters. The van der Waals surface area contributed by atoms with Gasteiger partial charge in [0.2, 0.25) is 0 Å². The molecule has 1 aromatic carbocycles. The summed E-state index contributed by atoms with van der Waals surface area (Å²) in [6.07, 6.45) is 6.76. The molecule has 0 amide bonds. The van der Waals surface area contributed by atoms with E-state index in [2.05, 4.69) is 26.3 Å². The van der Waals surface area contributed by atoms with Crippen molar-refractivity contribution in [3.05, 3.63) is 89.8 Å². The highest BCUT2D eigenvalue weighted by molar-refractivity contribution is 7.92. The first-order valence-electron chi connectivity index (χ1n) is 10.8. The molecule has 1 fully saturated rings. The van der Waals surface area contributed by atoms with Crippen LogP contribution < -0.4 is 4.72 Å². The van der Waals surface area contributed by atoms with Crippen LogP contribution in [-0.2, 0) is 10.0 Å². The zero-order chi connectivity index (χ0) is 25.3. The minimum absolute atomic E-state index is 0.0433. The summed E-state index contributed by atoms with van der Waals surface area (Å²) >= 11 is 0. The second-order valence-electron chi connectivity index (χ2n) is 8.25. The van der Waals surface area contributed by atoms with E-state index in [1.165, 1.54) is 6.92 Å². The number of pyridine rings is 1. The van der Waals surface area contributed by atoms with Crippen molar-refractivity contribution < 1.29 is 21.6 Å². The third-order valence-electron chi connectivity index (χ3n) is 6.08. The van der Waals surface area contributed by atoms with Crippen molar-refractivity contribution in [1.82, 2.24) is 19.9 Å². The molecule has 1 saturated heterocycles. The van der Waals surface area contributed by atoms with E-state index in [9.17, 15) is 17.2 Å². The summed E-state index contributed by atoms with van der Waals surface area (Å²) < 4.78 is 71.7. The van der Waals surface area contributed by atoms with E-state index in [-0.39, 0.29) is 17.8 Å². The Labute approximate surface area is 201 Å². The number of allylic oxidation sites excluding steroid dienone is 2. The van der Waals surface area contributed by atoms with Crippen molar-refractivity contribution in [3.63, 3.8) is 0 Å². The van der Waals surface area contributed by atoms with E-state index in [1.807, 2.05) is 11.8 Å². The van der Waals surface area contributed by atoms with Crippen molar-refractivity contribution in [2.75, 3.05) is 11.3 Å². The van der Waals surface area contributed by atoms with Gasteiger partial charge in [-0.15, -0.1) is 0 Å². The number of aryl methyl sites for hydroxylation is 1. The van der Waals surface area contributed by atoms with Gasteiger partial charge in [0, 0.05) is 41.7 Å². The molecule has 3 aromatic rings. The number of H-pyrrole nitrogens is 1. The SMILES string of the molecule is C=CN1C[C@H](c2c(F)ccc(NS(=O)(=O)c3cc(F)cnc3C)c2F)CC/C1=C(/C)c1ncc[nH]1. The second kappa shape index (κ2) is 9.57. The molecular formula is C24H24F3N5O2S. The Hall–Kier alpha value is -3.60. The van der Waals surface area contributed by atoms with Gasteiger partial charge in [0.15, 0.2) is 5.82 Å². The van der Waals surface area contributed by atoms with Gasteiger partial charge in [-0.3, -0.25) is 9.71 Å². The topological polar surface area (TPSA) is 91.0 Å². The molecule has 0 bridgehead atoms. The predicted octanol–water partition coefficient (Wildman–Crippen LogP) is 5.09. The van der Waals surface area contributed by atoms with Gasteiger partial charge in [-0.25, -0.2) is 26.6 Å². The Kier molecular flexibility index (Phi) is 6.70. The van der Waals surface area contributed by atoms with Crippen LogP contribution >= 0.6 is 0 Å². The van der Waals surface area contributed by atoms with E-state index in [4.69, 9.17) is 0 Å². The molecule has 4 rings (SSSR count). The van der Waals surface area contributed by atoms with Crippen LogP contribution in [0.2, 0.25) is 0 Å². The number of nitrogens with zero attached hydrogens (tertiary/aromatic N) is 3. The maximum absolute atomic E-state index is 15.5. The molecule has 2 N–H and O–H groups in total. The number of halogens is 3. The largest absolute Gasteiger partial charge is 0.351 e. The minimum Gasteiger partial charge on any atom is -0.351 e. The fraction of sp³-hybridized carbons (Fsp3) is 0.250. The van der Waals surface area contributed by atoms with E-state index >= 15 is 4.39 Å². The summed E-state index contributed by atoms with van der Waals surface area (Å²) in [4.78, 5) is 12.4. The standard InChI is InChI=1S/C24H24F3N5O2S/c1-4-32-13-16(5-8-20(32)14(2)24-28-9-10-29-24)22-18(26)6-7-19(23(22)27)31-35(33,34)21-11-17(25)12-30-15(21)3/h4,6-7,9-12,16,31H,1,5,8,13H2,2-3H3,(H,28,29)/b20-14+/t16-/m1/s1. The van der Waals surface area contributed by atoms with E-state index < -0.39 is 44.0 Å². The molecule has 1 aliphatic rings. The zero-order valence-electron chi connectivity index (χ0n) is 19.1. The number of piperidine rings is 1. The summed E-state index contributed by atoms with van der Waals surface area (Å²) in [5.74, 6) is -2.51. The normalized spacial score (nSPS) is 17.9. The Morgan fingerprint density at radius 3 is 2.74 bits per heavy atom. The lowest BCUT2D eigenvalue weighted by Gasteiger charge is -2.35. The van der Waals surface area contributed by atoms with E-state index in [1.54, 1.807) is 18.6 Å². The lowest BCUT2D eigenvalue weighted by Crippen LogP contribution is -2.30. The zero-order valence-corrected chi connectivity index (χ0v) is 20.0.